The predicted octanol–water partition coefficient (Wildman–Crippen LogP) is 1.76. The second-order valence-electron chi connectivity index (χ2n) is 3.69. The van der Waals surface area contributed by atoms with Gasteiger partial charge in [-0.25, -0.2) is 0 Å². The molecule has 2 heterocycles. The topological polar surface area (TPSA) is 73.0 Å². The van der Waals surface area contributed by atoms with Gasteiger partial charge in [0.2, 0.25) is 0 Å². The van der Waals surface area contributed by atoms with Crippen LogP contribution in [0.5, 0.6) is 0 Å². The largest absolute Gasteiger partial charge is 0.359 e. The van der Waals surface area contributed by atoms with Crippen molar-refractivity contribution in [2.24, 2.45) is 0 Å². The van der Waals surface area contributed by atoms with Gasteiger partial charge in [0.1, 0.15) is 17.1 Å². The molecule has 0 radical (unpaired) electrons. The maximum absolute atomic E-state index is 12.0. The van der Waals surface area contributed by atoms with Crippen molar-refractivity contribution < 1.29 is 9.32 Å². The van der Waals surface area contributed by atoms with Crippen LogP contribution in [-0.2, 0) is 6.54 Å². The summed E-state index contributed by atoms with van der Waals surface area (Å²) in [6, 6.07) is 1.68. The quantitative estimate of drug-likeness (QED) is 0.878. The molecule has 0 fully saturated rings. The van der Waals surface area contributed by atoms with Crippen LogP contribution in [0.3, 0.4) is 0 Å². The molecule has 90 valence electrons. The van der Waals surface area contributed by atoms with Crippen molar-refractivity contribution in [3.63, 3.8) is 0 Å². The van der Waals surface area contributed by atoms with Crippen LogP contribution >= 0.6 is 0 Å². The van der Waals surface area contributed by atoms with E-state index in [0.29, 0.717) is 29.4 Å². The highest BCUT2D eigenvalue weighted by molar-refractivity contribution is 6.03. The van der Waals surface area contributed by atoms with Gasteiger partial charge in [0, 0.05) is 12.7 Å². The average Bonchev–Trinajstić information content (AvgIpc) is 2.90. The first-order valence-corrected chi connectivity index (χ1v) is 5.39. The number of aryl methyl sites for hydroxylation is 3. The molecule has 1 N–H and O–H groups in total. The van der Waals surface area contributed by atoms with Crippen molar-refractivity contribution in [2.45, 2.75) is 27.3 Å². The smallest absolute Gasteiger partial charge is 0.274 e. The number of nitrogens with zero attached hydrogens (tertiary/aromatic N) is 3. The maximum atomic E-state index is 12.0. The van der Waals surface area contributed by atoms with E-state index in [9.17, 15) is 4.79 Å². The Morgan fingerprint density at radius 3 is 2.88 bits per heavy atom. The molecular weight excluding hydrogens is 220 g/mol. The molecule has 2 rings (SSSR count). The van der Waals surface area contributed by atoms with Gasteiger partial charge in [-0.1, -0.05) is 5.16 Å². The van der Waals surface area contributed by atoms with Gasteiger partial charge in [-0.15, -0.1) is 0 Å². The number of aromatic nitrogens is 3. The van der Waals surface area contributed by atoms with Crippen molar-refractivity contribution in [2.75, 3.05) is 5.32 Å². The number of nitrogens with one attached hydrogen (secondary N) is 1. The fourth-order valence-corrected chi connectivity index (χ4v) is 1.62. The Balaban J connectivity index is 2.23. The highest BCUT2D eigenvalue weighted by Crippen LogP contribution is 2.19. The second-order valence-corrected chi connectivity index (χ2v) is 3.69. The third-order valence-electron chi connectivity index (χ3n) is 2.52. The summed E-state index contributed by atoms with van der Waals surface area (Å²) in [5.74, 6) is 0.386. The third-order valence-corrected chi connectivity index (χ3v) is 2.52. The summed E-state index contributed by atoms with van der Waals surface area (Å²) in [5, 5.41) is 10.6. The lowest BCUT2D eigenvalue weighted by molar-refractivity contribution is 0.101. The lowest BCUT2D eigenvalue weighted by atomic mass is 10.3. The van der Waals surface area contributed by atoms with Gasteiger partial charge in [0.25, 0.3) is 5.91 Å². The predicted molar refractivity (Wildman–Crippen MR) is 61.8 cm³/mol. The van der Waals surface area contributed by atoms with Crippen LogP contribution in [0.15, 0.2) is 16.8 Å². The van der Waals surface area contributed by atoms with Crippen LogP contribution in [0.1, 0.15) is 28.9 Å². The molecule has 1 amide bonds. The van der Waals surface area contributed by atoms with Gasteiger partial charge in [0.15, 0.2) is 5.76 Å². The van der Waals surface area contributed by atoms with E-state index in [0.717, 1.165) is 0 Å². The summed E-state index contributed by atoms with van der Waals surface area (Å²) in [4.78, 5) is 12.0. The molecule has 6 nitrogen and oxygen atoms in total. The second kappa shape index (κ2) is 4.40. The Morgan fingerprint density at radius 1 is 1.53 bits per heavy atom. The van der Waals surface area contributed by atoms with E-state index in [2.05, 4.69) is 15.6 Å². The van der Waals surface area contributed by atoms with Gasteiger partial charge >= 0.3 is 0 Å². The average molecular weight is 234 g/mol. The van der Waals surface area contributed by atoms with Gasteiger partial charge < -0.3 is 9.84 Å². The summed E-state index contributed by atoms with van der Waals surface area (Å²) in [6.07, 6.45) is 1.60. The molecule has 0 aliphatic heterocycles. The molecule has 0 unspecified atom stereocenters. The van der Waals surface area contributed by atoms with E-state index < -0.39 is 0 Å². The first-order valence-electron chi connectivity index (χ1n) is 5.39. The molecule has 0 aliphatic rings. The number of hydrogen-bond donors (Lipinski definition) is 1. The van der Waals surface area contributed by atoms with Gasteiger partial charge in [-0.2, -0.15) is 5.10 Å². The minimum Gasteiger partial charge on any atom is -0.359 e. The van der Waals surface area contributed by atoms with Crippen LogP contribution in [0.2, 0.25) is 0 Å². The summed E-state index contributed by atoms with van der Waals surface area (Å²) in [6.45, 7) is 6.12. The molecule has 2 aromatic heterocycles. The van der Waals surface area contributed by atoms with Gasteiger partial charge in [-0.05, 0) is 26.8 Å². The molecule has 6 heteroatoms. The zero-order chi connectivity index (χ0) is 12.4. The standard InChI is InChI=1S/C11H14N4O2/c1-4-15-9(5-6-12-15)11(16)13-10-7(2)14-17-8(10)3/h5-6H,4H2,1-3H3,(H,13,16). The van der Waals surface area contributed by atoms with Crippen LogP contribution in [0.25, 0.3) is 0 Å². The fourth-order valence-electron chi connectivity index (χ4n) is 1.62. The summed E-state index contributed by atoms with van der Waals surface area (Å²) >= 11 is 0. The minimum atomic E-state index is -0.209. The Morgan fingerprint density at radius 2 is 2.29 bits per heavy atom. The van der Waals surface area contributed by atoms with E-state index in [4.69, 9.17) is 4.52 Å². The van der Waals surface area contributed by atoms with Crippen molar-refractivity contribution in [3.05, 3.63) is 29.4 Å². The van der Waals surface area contributed by atoms with Gasteiger partial charge in [0.05, 0.1) is 0 Å². The molecule has 0 bridgehead atoms. The number of anilines is 1. The van der Waals surface area contributed by atoms with E-state index in [-0.39, 0.29) is 5.91 Å². The number of hydrogen-bond acceptors (Lipinski definition) is 4. The zero-order valence-electron chi connectivity index (χ0n) is 10.0. The molecule has 0 saturated heterocycles. The van der Waals surface area contributed by atoms with Crippen molar-refractivity contribution in [1.82, 2.24) is 14.9 Å². The number of carbonyl (C=O) groups is 1. The lowest BCUT2D eigenvalue weighted by Crippen LogP contribution is -2.17. The molecule has 0 aromatic carbocycles. The van der Waals surface area contributed by atoms with Crippen LogP contribution in [0.4, 0.5) is 5.69 Å². The Bertz CT molecular complexity index is 522. The highest BCUT2D eigenvalue weighted by Gasteiger charge is 2.16. The third kappa shape index (κ3) is 2.06. The molecule has 2 aromatic rings. The lowest BCUT2D eigenvalue weighted by Gasteiger charge is -2.05. The Hall–Kier alpha value is -2.11. The number of amides is 1. The van der Waals surface area contributed by atoms with E-state index in [1.165, 1.54) is 0 Å². The maximum Gasteiger partial charge on any atom is 0.274 e. The monoisotopic (exact) mass is 234 g/mol. The van der Waals surface area contributed by atoms with E-state index >= 15 is 0 Å². The first kappa shape index (κ1) is 11.4. The van der Waals surface area contributed by atoms with Crippen molar-refractivity contribution >= 4 is 11.6 Å². The van der Waals surface area contributed by atoms with E-state index in [1.807, 2.05) is 6.92 Å². The fraction of sp³-hybridized carbons (Fsp3) is 0.364. The normalized spacial score (nSPS) is 10.5. The summed E-state index contributed by atoms with van der Waals surface area (Å²) in [7, 11) is 0. The Kier molecular flexibility index (Phi) is 2.95. The van der Waals surface area contributed by atoms with Crippen molar-refractivity contribution in [3.8, 4) is 0 Å². The number of carbonyl (C=O) groups excluding carboxylic acids is 1. The zero-order valence-corrected chi connectivity index (χ0v) is 10.0. The summed E-state index contributed by atoms with van der Waals surface area (Å²) in [5.41, 5.74) is 1.81. The van der Waals surface area contributed by atoms with Crippen LogP contribution in [0, 0.1) is 13.8 Å². The highest BCUT2D eigenvalue weighted by atomic mass is 16.5. The van der Waals surface area contributed by atoms with Crippen LogP contribution < -0.4 is 5.32 Å². The molecular formula is C11H14N4O2. The molecule has 0 saturated carbocycles. The van der Waals surface area contributed by atoms with E-state index in [1.54, 1.807) is 30.8 Å². The molecule has 0 aliphatic carbocycles. The van der Waals surface area contributed by atoms with Gasteiger partial charge in [-0.3, -0.25) is 9.48 Å². The number of rotatable bonds is 3. The van der Waals surface area contributed by atoms with Crippen molar-refractivity contribution in [1.29, 1.82) is 0 Å². The first-order chi connectivity index (χ1) is 8.13. The SMILES string of the molecule is CCn1nccc1C(=O)Nc1c(C)noc1C. The minimum absolute atomic E-state index is 0.209. The molecule has 0 atom stereocenters. The molecule has 17 heavy (non-hydrogen) atoms. The Labute approximate surface area is 98.6 Å². The molecule has 0 spiro atoms. The van der Waals surface area contributed by atoms with Crippen LogP contribution in [-0.4, -0.2) is 20.8 Å². The summed E-state index contributed by atoms with van der Waals surface area (Å²) < 4.78 is 6.62.